The number of amides is 2. The van der Waals surface area contributed by atoms with E-state index in [0.717, 1.165) is 0 Å². The van der Waals surface area contributed by atoms with Gasteiger partial charge in [0.25, 0.3) is 5.69 Å². The Labute approximate surface area is 102 Å². The third kappa shape index (κ3) is 2.62. The highest BCUT2D eigenvalue weighted by Crippen LogP contribution is 2.16. The van der Waals surface area contributed by atoms with Gasteiger partial charge in [-0.1, -0.05) is 0 Å². The second-order valence-electron chi connectivity index (χ2n) is 3.95. The molecular weight excluding hydrogens is 238 g/mol. The van der Waals surface area contributed by atoms with Crippen LogP contribution in [0.15, 0.2) is 24.3 Å². The van der Waals surface area contributed by atoms with Gasteiger partial charge in [0.05, 0.1) is 4.92 Å². The van der Waals surface area contributed by atoms with Crippen molar-refractivity contribution in [3.05, 3.63) is 34.4 Å². The summed E-state index contributed by atoms with van der Waals surface area (Å²) in [6.07, 6.45) is 0.815. The van der Waals surface area contributed by atoms with Crippen LogP contribution in [-0.2, 0) is 9.59 Å². The molecule has 18 heavy (non-hydrogen) atoms. The standard InChI is InChI=1S/C11H11N3O4/c15-10-6-5-9(13-10)11(16)12-7-1-3-8(4-2-7)14(17)18/h1-4,9H,5-6H2,(H,12,16)(H,13,15)/t9-/m1/s1. The normalized spacial score (nSPS) is 18.2. The van der Waals surface area contributed by atoms with Gasteiger partial charge in [0.15, 0.2) is 0 Å². The minimum Gasteiger partial charge on any atom is -0.344 e. The van der Waals surface area contributed by atoms with E-state index in [-0.39, 0.29) is 17.5 Å². The molecule has 2 N–H and O–H groups in total. The van der Waals surface area contributed by atoms with E-state index in [1.165, 1.54) is 24.3 Å². The summed E-state index contributed by atoms with van der Waals surface area (Å²) in [7, 11) is 0. The van der Waals surface area contributed by atoms with Crippen molar-refractivity contribution in [3.8, 4) is 0 Å². The van der Waals surface area contributed by atoms with Crippen LogP contribution in [0.4, 0.5) is 11.4 Å². The van der Waals surface area contributed by atoms with Gasteiger partial charge in [-0.25, -0.2) is 0 Å². The maximum atomic E-state index is 11.7. The Bertz CT molecular complexity index is 498. The van der Waals surface area contributed by atoms with Crippen LogP contribution in [-0.4, -0.2) is 22.8 Å². The number of carbonyl (C=O) groups excluding carboxylic acids is 2. The molecule has 0 bridgehead atoms. The molecule has 1 fully saturated rings. The average Bonchev–Trinajstić information content (AvgIpc) is 2.76. The van der Waals surface area contributed by atoms with E-state index < -0.39 is 11.0 Å². The molecule has 1 saturated heterocycles. The molecule has 0 aromatic heterocycles. The van der Waals surface area contributed by atoms with E-state index in [4.69, 9.17) is 0 Å². The summed E-state index contributed by atoms with van der Waals surface area (Å²) in [5, 5.41) is 15.6. The van der Waals surface area contributed by atoms with Gasteiger partial charge in [0.2, 0.25) is 11.8 Å². The molecule has 0 spiro atoms. The highest BCUT2D eigenvalue weighted by Gasteiger charge is 2.27. The Morgan fingerprint density at radius 3 is 2.56 bits per heavy atom. The molecule has 0 unspecified atom stereocenters. The molecule has 1 aromatic rings. The zero-order chi connectivity index (χ0) is 13.1. The first-order valence-corrected chi connectivity index (χ1v) is 5.41. The molecule has 1 heterocycles. The van der Waals surface area contributed by atoms with E-state index in [1.54, 1.807) is 0 Å². The Morgan fingerprint density at radius 2 is 2.06 bits per heavy atom. The molecule has 0 radical (unpaired) electrons. The number of hydrogen-bond acceptors (Lipinski definition) is 4. The van der Waals surface area contributed by atoms with Crippen molar-refractivity contribution in [2.45, 2.75) is 18.9 Å². The third-order valence-electron chi connectivity index (χ3n) is 2.66. The van der Waals surface area contributed by atoms with Crippen LogP contribution in [0.25, 0.3) is 0 Å². The summed E-state index contributed by atoms with van der Waals surface area (Å²) in [4.78, 5) is 32.6. The second-order valence-corrected chi connectivity index (χ2v) is 3.95. The number of nitrogens with zero attached hydrogens (tertiary/aromatic N) is 1. The second kappa shape index (κ2) is 4.82. The quantitative estimate of drug-likeness (QED) is 0.611. The van der Waals surface area contributed by atoms with Crippen molar-refractivity contribution >= 4 is 23.2 Å². The van der Waals surface area contributed by atoms with E-state index >= 15 is 0 Å². The monoisotopic (exact) mass is 249 g/mol. The van der Waals surface area contributed by atoms with Crippen LogP contribution in [0.5, 0.6) is 0 Å². The van der Waals surface area contributed by atoms with E-state index in [0.29, 0.717) is 18.5 Å². The molecule has 7 nitrogen and oxygen atoms in total. The summed E-state index contributed by atoms with van der Waals surface area (Å²) in [5.74, 6) is -0.450. The number of non-ortho nitro benzene ring substituents is 1. The molecule has 1 aliphatic rings. The molecule has 1 aromatic carbocycles. The number of nitro groups is 1. The first-order valence-electron chi connectivity index (χ1n) is 5.41. The van der Waals surface area contributed by atoms with Crippen molar-refractivity contribution in [2.24, 2.45) is 0 Å². The molecule has 94 valence electrons. The summed E-state index contributed by atoms with van der Waals surface area (Å²) in [6.45, 7) is 0. The number of rotatable bonds is 3. The number of anilines is 1. The lowest BCUT2D eigenvalue weighted by atomic mass is 10.2. The SMILES string of the molecule is O=C1CC[C@H](C(=O)Nc2ccc([N+](=O)[O-])cc2)N1. The summed E-state index contributed by atoms with van der Waals surface area (Å²) < 4.78 is 0. The first kappa shape index (κ1) is 12.0. The van der Waals surface area contributed by atoms with Gasteiger partial charge in [-0.15, -0.1) is 0 Å². The van der Waals surface area contributed by atoms with Crippen LogP contribution in [0.1, 0.15) is 12.8 Å². The molecule has 2 amide bonds. The summed E-state index contributed by atoms with van der Waals surface area (Å²) >= 11 is 0. The number of nitro benzene ring substituents is 1. The smallest absolute Gasteiger partial charge is 0.269 e. The zero-order valence-electron chi connectivity index (χ0n) is 9.38. The number of carbonyl (C=O) groups is 2. The van der Waals surface area contributed by atoms with E-state index in [2.05, 4.69) is 10.6 Å². The van der Waals surface area contributed by atoms with Gasteiger partial charge in [0.1, 0.15) is 6.04 Å². The fourth-order valence-electron chi connectivity index (χ4n) is 1.71. The van der Waals surface area contributed by atoms with Crippen LogP contribution in [0.3, 0.4) is 0 Å². The number of hydrogen-bond donors (Lipinski definition) is 2. The molecule has 2 rings (SSSR count). The van der Waals surface area contributed by atoms with Crippen molar-refractivity contribution in [1.82, 2.24) is 5.32 Å². The van der Waals surface area contributed by atoms with E-state index in [9.17, 15) is 19.7 Å². The van der Waals surface area contributed by atoms with Gasteiger partial charge in [-0.05, 0) is 18.6 Å². The van der Waals surface area contributed by atoms with Crippen molar-refractivity contribution in [3.63, 3.8) is 0 Å². The molecule has 1 atom stereocenters. The largest absolute Gasteiger partial charge is 0.344 e. The maximum absolute atomic E-state index is 11.7. The fourth-order valence-corrected chi connectivity index (χ4v) is 1.71. The average molecular weight is 249 g/mol. The molecular formula is C11H11N3O4. The van der Waals surface area contributed by atoms with E-state index in [1.807, 2.05) is 0 Å². The molecule has 7 heteroatoms. The van der Waals surface area contributed by atoms with Crippen molar-refractivity contribution in [1.29, 1.82) is 0 Å². The van der Waals surface area contributed by atoms with Crippen LogP contribution in [0.2, 0.25) is 0 Å². The highest BCUT2D eigenvalue weighted by molar-refractivity contribution is 5.98. The fraction of sp³-hybridized carbons (Fsp3) is 0.273. The lowest BCUT2D eigenvalue weighted by molar-refractivity contribution is -0.384. The minimum atomic E-state index is -0.521. The topological polar surface area (TPSA) is 101 Å². The number of benzene rings is 1. The van der Waals surface area contributed by atoms with Crippen LogP contribution in [0, 0.1) is 10.1 Å². The Morgan fingerprint density at radius 1 is 1.39 bits per heavy atom. The van der Waals surface area contributed by atoms with Crippen LogP contribution < -0.4 is 10.6 Å². The van der Waals surface area contributed by atoms with Gasteiger partial charge >= 0.3 is 0 Å². The van der Waals surface area contributed by atoms with Gasteiger partial charge in [0, 0.05) is 24.2 Å². The van der Waals surface area contributed by atoms with Gasteiger partial charge in [-0.2, -0.15) is 0 Å². The van der Waals surface area contributed by atoms with Crippen molar-refractivity contribution in [2.75, 3.05) is 5.32 Å². The Balaban J connectivity index is 1.99. The highest BCUT2D eigenvalue weighted by atomic mass is 16.6. The lowest BCUT2D eigenvalue weighted by Crippen LogP contribution is -2.37. The molecule has 1 aliphatic heterocycles. The minimum absolute atomic E-state index is 0.0397. The predicted octanol–water partition coefficient (Wildman–Crippen LogP) is 0.812. The number of nitrogens with one attached hydrogen (secondary N) is 2. The summed E-state index contributed by atoms with van der Waals surface area (Å²) in [5.41, 5.74) is 0.425. The third-order valence-corrected chi connectivity index (χ3v) is 2.66. The summed E-state index contributed by atoms with van der Waals surface area (Å²) in [6, 6.07) is 5.00. The maximum Gasteiger partial charge on any atom is 0.269 e. The first-order chi connectivity index (χ1) is 8.56. The molecule has 0 saturated carbocycles. The van der Waals surface area contributed by atoms with Crippen LogP contribution >= 0.6 is 0 Å². The zero-order valence-corrected chi connectivity index (χ0v) is 9.38. The van der Waals surface area contributed by atoms with Crippen molar-refractivity contribution < 1.29 is 14.5 Å². The van der Waals surface area contributed by atoms with Gasteiger partial charge in [-0.3, -0.25) is 19.7 Å². The Hall–Kier alpha value is -2.44. The predicted molar refractivity (Wildman–Crippen MR) is 62.9 cm³/mol. The van der Waals surface area contributed by atoms with Gasteiger partial charge < -0.3 is 10.6 Å². The molecule has 0 aliphatic carbocycles. The Kier molecular flexibility index (Phi) is 3.22. The lowest BCUT2D eigenvalue weighted by Gasteiger charge is -2.10.